The molecule has 0 aromatic heterocycles. The molecule has 0 amide bonds. The maximum Gasteiger partial charge on any atom is 0.124 e. The third-order valence-electron chi connectivity index (χ3n) is 6.83. The Kier molecular flexibility index (Phi) is 6.67. The van der Waals surface area contributed by atoms with Gasteiger partial charge in [0, 0.05) is 37.7 Å². The van der Waals surface area contributed by atoms with E-state index >= 15 is 4.39 Å². The Morgan fingerprint density at radius 3 is 2.96 bits per heavy atom. The SMILES string of the molecule is CNC1CC(C)NC(NC2CC3CCOC3C(C3=CCNCC(O)C3)C2F)N1. The number of alkyl halides is 1. The molecule has 0 bridgehead atoms. The molecule has 4 rings (SSSR count). The van der Waals surface area contributed by atoms with Crippen LogP contribution in [0.3, 0.4) is 0 Å². The molecule has 0 aromatic rings. The third kappa shape index (κ3) is 4.43. The Labute approximate surface area is 167 Å². The number of ether oxygens (including phenoxy) is 1. The van der Waals surface area contributed by atoms with Crippen molar-refractivity contribution in [3.63, 3.8) is 0 Å². The summed E-state index contributed by atoms with van der Waals surface area (Å²) in [5, 5.41) is 27.2. The number of fused-ring (bicyclic) bond motifs is 1. The van der Waals surface area contributed by atoms with Gasteiger partial charge in [-0.1, -0.05) is 11.6 Å². The van der Waals surface area contributed by atoms with Gasteiger partial charge in [-0.05, 0) is 45.6 Å². The van der Waals surface area contributed by atoms with Gasteiger partial charge in [-0.25, -0.2) is 4.39 Å². The maximum atomic E-state index is 15.9. The average Bonchev–Trinajstić information content (AvgIpc) is 3.01. The van der Waals surface area contributed by atoms with Crippen LogP contribution in [0.25, 0.3) is 0 Å². The Morgan fingerprint density at radius 2 is 2.14 bits per heavy atom. The first-order chi connectivity index (χ1) is 13.5. The summed E-state index contributed by atoms with van der Waals surface area (Å²) in [5.41, 5.74) is 1.01. The second-order valence-electron chi connectivity index (χ2n) is 8.90. The summed E-state index contributed by atoms with van der Waals surface area (Å²) in [4.78, 5) is 0. The summed E-state index contributed by atoms with van der Waals surface area (Å²) in [6.45, 7) is 4.10. The van der Waals surface area contributed by atoms with Crippen molar-refractivity contribution in [2.24, 2.45) is 11.8 Å². The van der Waals surface area contributed by atoms with E-state index in [1.54, 1.807) is 0 Å². The van der Waals surface area contributed by atoms with Crippen LogP contribution in [-0.2, 0) is 4.74 Å². The van der Waals surface area contributed by atoms with Gasteiger partial charge in [0.25, 0.3) is 0 Å². The van der Waals surface area contributed by atoms with E-state index in [9.17, 15) is 5.11 Å². The zero-order valence-corrected chi connectivity index (χ0v) is 17.0. The number of aliphatic hydroxyl groups excluding tert-OH is 1. The van der Waals surface area contributed by atoms with Gasteiger partial charge >= 0.3 is 0 Å². The summed E-state index contributed by atoms with van der Waals surface area (Å²) in [7, 11) is 1.94. The lowest BCUT2D eigenvalue weighted by Crippen LogP contribution is -2.69. The van der Waals surface area contributed by atoms with Crippen LogP contribution in [0.15, 0.2) is 11.6 Å². The van der Waals surface area contributed by atoms with Crippen LogP contribution in [0.4, 0.5) is 4.39 Å². The van der Waals surface area contributed by atoms with Crippen molar-refractivity contribution >= 4 is 0 Å². The second-order valence-corrected chi connectivity index (χ2v) is 8.90. The van der Waals surface area contributed by atoms with Crippen LogP contribution >= 0.6 is 0 Å². The lowest BCUT2D eigenvalue weighted by Gasteiger charge is -2.45. The number of halogens is 1. The standard InChI is InChI=1S/C20H36FN5O2/c1-11-7-16(22-2)26-20(24-11)25-15-9-13-4-6-28-19(13)17(18(15)21)12-3-5-23-10-14(27)8-12/h3,11,13-20,22-27H,4-10H2,1-2H3. The highest BCUT2D eigenvalue weighted by Crippen LogP contribution is 2.44. The van der Waals surface area contributed by atoms with Gasteiger partial charge in [-0.2, -0.15) is 0 Å². The molecule has 2 saturated heterocycles. The van der Waals surface area contributed by atoms with E-state index in [0.29, 0.717) is 38.1 Å². The number of β-amino-alcohol motifs (C(OH)–C–C–N with tert-alkyl or cyclic N) is 1. The molecule has 1 aliphatic carbocycles. The van der Waals surface area contributed by atoms with Gasteiger partial charge in [-0.3, -0.25) is 16.0 Å². The molecule has 7 nitrogen and oxygen atoms in total. The Hall–Kier alpha value is -0.610. The highest BCUT2D eigenvalue weighted by Gasteiger charge is 2.50. The predicted molar refractivity (Wildman–Crippen MR) is 106 cm³/mol. The first-order valence-electron chi connectivity index (χ1n) is 10.8. The fraction of sp³-hybridized carbons (Fsp3) is 0.900. The molecule has 4 aliphatic rings. The quantitative estimate of drug-likeness (QED) is 0.366. The van der Waals surface area contributed by atoms with Gasteiger partial charge in [0.1, 0.15) is 12.5 Å². The predicted octanol–water partition coefficient (Wildman–Crippen LogP) is -0.211. The minimum atomic E-state index is -1.04. The first-order valence-corrected chi connectivity index (χ1v) is 10.8. The summed E-state index contributed by atoms with van der Waals surface area (Å²) < 4.78 is 21.9. The van der Waals surface area contributed by atoms with Crippen molar-refractivity contribution in [2.75, 3.05) is 26.7 Å². The number of hydrogen-bond donors (Lipinski definition) is 6. The Bertz CT molecular complexity index is 565. The zero-order valence-electron chi connectivity index (χ0n) is 17.0. The summed E-state index contributed by atoms with van der Waals surface area (Å²) in [6, 6.07) is 0.108. The molecule has 9 atom stereocenters. The topological polar surface area (TPSA) is 89.6 Å². The minimum Gasteiger partial charge on any atom is -0.391 e. The molecule has 160 valence electrons. The lowest BCUT2D eigenvalue weighted by atomic mass is 9.70. The van der Waals surface area contributed by atoms with E-state index in [0.717, 1.165) is 24.8 Å². The third-order valence-corrected chi connectivity index (χ3v) is 6.83. The van der Waals surface area contributed by atoms with Crippen molar-refractivity contribution in [3.8, 4) is 0 Å². The molecule has 0 spiro atoms. The highest BCUT2D eigenvalue weighted by atomic mass is 19.1. The second kappa shape index (κ2) is 9.04. The molecule has 3 fully saturated rings. The molecule has 0 radical (unpaired) electrons. The molecule has 0 aromatic carbocycles. The molecule has 8 heteroatoms. The van der Waals surface area contributed by atoms with E-state index < -0.39 is 12.3 Å². The largest absolute Gasteiger partial charge is 0.391 e. The van der Waals surface area contributed by atoms with Crippen LogP contribution in [-0.4, -0.2) is 74.8 Å². The summed E-state index contributed by atoms with van der Waals surface area (Å²) >= 11 is 0. The van der Waals surface area contributed by atoms with Crippen molar-refractivity contribution in [2.45, 2.75) is 75.5 Å². The number of hydrogen-bond acceptors (Lipinski definition) is 7. The molecule has 6 N–H and O–H groups in total. The summed E-state index contributed by atoms with van der Waals surface area (Å²) in [5.74, 6) is 0.0827. The van der Waals surface area contributed by atoms with Crippen molar-refractivity contribution < 1.29 is 14.2 Å². The van der Waals surface area contributed by atoms with Crippen LogP contribution in [0.5, 0.6) is 0 Å². The minimum absolute atomic E-state index is 0.0687. The molecular formula is C20H36FN5O2. The van der Waals surface area contributed by atoms with Crippen LogP contribution < -0.4 is 26.6 Å². The van der Waals surface area contributed by atoms with E-state index in [1.165, 1.54) is 0 Å². The van der Waals surface area contributed by atoms with Crippen molar-refractivity contribution in [3.05, 3.63) is 11.6 Å². The lowest BCUT2D eigenvalue weighted by molar-refractivity contribution is -0.0277. The smallest absolute Gasteiger partial charge is 0.124 e. The number of aliphatic hydroxyl groups is 1. The van der Waals surface area contributed by atoms with Crippen LogP contribution in [0, 0.1) is 11.8 Å². The highest BCUT2D eigenvalue weighted by molar-refractivity contribution is 5.19. The Morgan fingerprint density at radius 1 is 1.29 bits per heavy atom. The average molecular weight is 398 g/mol. The molecule has 1 saturated carbocycles. The molecule has 28 heavy (non-hydrogen) atoms. The number of nitrogens with one attached hydrogen (secondary N) is 5. The van der Waals surface area contributed by atoms with E-state index in [2.05, 4.69) is 39.6 Å². The summed E-state index contributed by atoms with van der Waals surface area (Å²) in [6.07, 6.45) is 3.87. The molecular weight excluding hydrogens is 361 g/mol. The monoisotopic (exact) mass is 397 g/mol. The van der Waals surface area contributed by atoms with Gasteiger partial charge < -0.3 is 20.5 Å². The van der Waals surface area contributed by atoms with Gasteiger partial charge in [0.2, 0.25) is 0 Å². The Balaban J connectivity index is 1.50. The van der Waals surface area contributed by atoms with Crippen molar-refractivity contribution in [1.29, 1.82) is 0 Å². The molecule has 3 aliphatic heterocycles. The van der Waals surface area contributed by atoms with E-state index in [-0.39, 0.29) is 30.5 Å². The van der Waals surface area contributed by atoms with Crippen LogP contribution in [0.2, 0.25) is 0 Å². The number of rotatable bonds is 4. The first kappa shape index (κ1) is 20.7. The van der Waals surface area contributed by atoms with Crippen molar-refractivity contribution in [1.82, 2.24) is 26.6 Å². The van der Waals surface area contributed by atoms with E-state index in [4.69, 9.17) is 4.74 Å². The zero-order chi connectivity index (χ0) is 19.7. The molecule has 3 heterocycles. The fourth-order valence-electron chi connectivity index (χ4n) is 5.46. The molecule has 9 unspecified atom stereocenters. The normalized spacial score (nSPS) is 47.3. The maximum absolute atomic E-state index is 15.9. The van der Waals surface area contributed by atoms with Gasteiger partial charge in [0.15, 0.2) is 0 Å². The van der Waals surface area contributed by atoms with Gasteiger partial charge in [-0.15, -0.1) is 0 Å². The van der Waals surface area contributed by atoms with E-state index in [1.807, 2.05) is 7.05 Å². The van der Waals surface area contributed by atoms with Crippen LogP contribution in [0.1, 0.15) is 32.6 Å². The fourth-order valence-corrected chi connectivity index (χ4v) is 5.46. The van der Waals surface area contributed by atoms with Gasteiger partial charge in [0.05, 0.1) is 18.4 Å².